The molecule has 2 unspecified atom stereocenters. The first-order valence-electron chi connectivity index (χ1n) is 7.01. The summed E-state index contributed by atoms with van der Waals surface area (Å²) >= 11 is 0. The number of carbonyl (C=O) groups is 1. The fraction of sp³-hybridized carbons (Fsp3) is 0.714. The molecule has 19 heavy (non-hydrogen) atoms. The van der Waals surface area contributed by atoms with Gasteiger partial charge in [0.25, 0.3) is 0 Å². The predicted octanol–water partition coefficient (Wildman–Crippen LogP) is 1.64. The number of nitrogens with one attached hydrogen (secondary N) is 1. The first-order chi connectivity index (χ1) is 8.94. The van der Waals surface area contributed by atoms with Gasteiger partial charge in [0.15, 0.2) is 0 Å². The van der Waals surface area contributed by atoms with Crippen molar-refractivity contribution < 1.29 is 4.79 Å². The lowest BCUT2D eigenvalue weighted by molar-refractivity contribution is -0.124. The number of nitrogens with zero attached hydrogens (tertiary/aromatic N) is 2. The Kier molecular flexibility index (Phi) is 5.54. The molecule has 0 aliphatic heterocycles. The molecular weight excluding hydrogens is 240 g/mol. The van der Waals surface area contributed by atoms with E-state index < -0.39 is 5.54 Å². The molecule has 3 N–H and O–H groups in total. The van der Waals surface area contributed by atoms with E-state index in [9.17, 15) is 4.79 Å². The van der Waals surface area contributed by atoms with Crippen LogP contribution in [0.5, 0.6) is 0 Å². The van der Waals surface area contributed by atoms with Crippen LogP contribution in [0.1, 0.15) is 52.4 Å². The first kappa shape index (κ1) is 15.7. The second kappa shape index (κ2) is 6.70. The van der Waals surface area contributed by atoms with Crippen molar-refractivity contribution in [3.63, 3.8) is 0 Å². The molecule has 0 aromatic carbocycles. The fourth-order valence-electron chi connectivity index (χ4n) is 2.50. The van der Waals surface area contributed by atoms with E-state index in [4.69, 9.17) is 5.73 Å². The summed E-state index contributed by atoms with van der Waals surface area (Å²) in [5.41, 5.74) is 4.85. The number of likely N-dealkylation sites (N-methyl/N-ethyl adjacent to an activating group) is 1. The van der Waals surface area contributed by atoms with Gasteiger partial charge >= 0.3 is 0 Å². The van der Waals surface area contributed by atoms with Gasteiger partial charge in [-0.05, 0) is 33.2 Å². The van der Waals surface area contributed by atoms with Crippen LogP contribution in [0.3, 0.4) is 0 Å². The van der Waals surface area contributed by atoms with E-state index >= 15 is 0 Å². The number of aromatic nitrogens is 2. The summed E-state index contributed by atoms with van der Waals surface area (Å²) in [6.07, 6.45) is 6.46. The number of rotatable bonds is 8. The van der Waals surface area contributed by atoms with Crippen LogP contribution >= 0.6 is 0 Å². The summed E-state index contributed by atoms with van der Waals surface area (Å²) in [5.74, 6) is 0.761. The highest BCUT2D eigenvalue weighted by Gasteiger charge is 2.32. The highest BCUT2D eigenvalue weighted by atomic mass is 16.1. The van der Waals surface area contributed by atoms with E-state index in [2.05, 4.69) is 28.7 Å². The van der Waals surface area contributed by atoms with Gasteiger partial charge in [-0.1, -0.05) is 13.8 Å². The lowest BCUT2D eigenvalue weighted by atomic mass is 9.92. The summed E-state index contributed by atoms with van der Waals surface area (Å²) in [6.45, 7) is 8.80. The van der Waals surface area contributed by atoms with Crippen LogP contribution in [0.15, 0.2) is 12.4 Å². The van der Waals surface area contributed by atoms with Crippen LogP contribution in [-0.2, 0) is 11.2 Å². The van der Waals surface area contributed by atoms with Crippen molar-refractivity contribution in [3.05, 3.63) is 18.2 Å². The van der Waals surface area contributed by atoms with Gasteiger partial charge in [0.1, 0.15) is 5.82 Å². The van der Waals surface area contributed by atoms with E-state index in [1.54, 1.807) is 0 Å². The molecule has 1 amide bonds. The van der Waals surface area contributed by atoms with E-state index in [1.807, 2.05) is 26.2 Å². The summed E-state index contributed by atoms with van der Waals surface area (Å²) in [6, 6.07) is 0.181. The predicted molar refractivity (Wildman–Crippen MR) is 76.8 cm³/mol. The zero-order chi connectivity index (χ0) is 14.5. The lowest BCUT2D eigenvalue weighted by Crippen LogP contribution is -2.54. The van der Waals surface area contributed by atoms with Gasteiger partial charge in [0, 0.05) is 24.9 Å². The third-order valence-corrected chi connectivity index (χ3v) is 3.51. The Labute approximate surface area is 115 Å². The molecule has 5 nitrogen and oxygen atoms in total. The Bertz CT molecular complexity index is 415. The number of nitrogens with two attached hydrogens (primary N) is 1. The molecule has 0 saturated carbocycles. The van der Waals surface area contributed by atoms with Gasteiger partial charge in [-0.25, -0.2) is 4.98 Å². The number of aryl methyl sites for hydroxylation is 1. The van der Waals surface area contributed by atoms with Crippen LogP contribution in [0, 0.1) is 0 Å². The number of hydrogen-bond acceptors (Lipinski definition) is 3. The minimum absolute atomic E-state index is 0.181. The maximum atomic E-state index is 11.7. The second-order valence-corrected chi connectivity index (χ2v) is 5.28. The zero-order valence-electron chi connectivity index (χ0n) is 12.4. The molecule has 0 radical (unpaired) electrons. The Balaban J connectivity index is 2.84. The van der Waals surface area contributed by atoms with Crippen LogP contribution in [0.25, 0.3) is 0 Å². The number of primary amides is 1. The quantitative estimate of drug-likeness (QED) is 0.751. The standard InChI is InChI=1S/C14H26N4O/c1-5-7-12-16-8-9-18(12)11(3)10-14(4,13(15)19)17-6-2/h8-9,11,17H,5-7,10H2,1-4H3,(H2,15,19). The van der Waals surface area contributed by atoms with Crippen LogP contribution in [-0.4, -0.2) is 27.5 Å². The molecule has 0 aliphatic carbocycles. The highest BCUT2D eigenvalue weighted by Crippen LogP contribution is 2.22. The van der Waals surface area contributed by atoms with Gasteiger partial charge in [0.05, 0.1) is 5.54 Å². The topological polar surface area (TPSA) is 72.9 Å². The molecule has 0 saturated heterocycles. The molecule has 0 fully saturated rings. The fourth-order valence-corrected chi connectivity index (χ4v) is 2.50. The van der Waals surface area contributed by atoms with Crippen molar-refractivity contribution in [3.8, 4) is 0 Å². The van der Waals surface area contributed by atoms with E-state index in [0.717, 1.165) is 25.2 Å². The summed E-state index contributed by atoms with van der Waals surface area (Å²) in [7, 11) is 0. The van der Waals surface area contributed by atoms with Crippen molar-refractivity contribution in [2.75, 3.05) is 6.54 Å². The smallest absolute Gasteiger partial charge is 0.237 e. The minimum Gasteiger partial charge on any atom is -0.368 e. The molecular formula is C14H26N4O. The molecule has 5 heteroatoms. The molecule has 0 spiro atoms. The van der Waals surface area contributed by atoms with E-state index in [0.29, 0.717) is 6.42 Å². The van der Waals surface area contributed by atoms with Crippen molar-refractivity contribution in [1.82, 2.24) is 14.9 Å². The van der Waals surface area contributed by atoms with Crippen molar-refractivity contribution >= 4 is 5.91 Å². The maximum Gasteiger partial charge on any atom is 0.237 e. The van der Waals surface area contributed by atoms with Crippen molar-refractivity contribution in [2.24, 2.45) is 5.73 Å². The number of imidazole rings is 1. The van der Waals surface area contributed by atoms with Gasteiger partial charge in [-0.2, -0.15) is 0 Å². The third kappa shape index (κ3) is 3.80. The Morgan fingerprint density at radius 2 is 2.26 bits per heavy atom. The summed E-state index contributed by atoms with van der Waals surface area (Å²) in [5, 5.41) is 3.19. The van der Waals surface area contributed by atoms with Crippen molar-refractivity contribution in [1.29, 1.82) is 0 Å². The van der Waals surface area contributed by atoms with Crippen LogP contribution < -0.4 is 11.1 Å². The third-order valence-electron chi connectivity index (χ3n) is 3.51. The van der Waals surface area contributed by atoms with Gasteiger partial charge < -0.3 is 15.6 Å². The Hall–Kier alpha value is -1.36. The second-order valence-electron chi connectivity index (χ2n) is 5.28. The molecule has 108 valence electrons. The minimum atomic E-state index is -0.679. The molecule has 1 aromatic rings. The van der Waals surface area contributed by atoms with Gasteiger partial charge in [0.2, 0.25) is 5.91 Å². The van der Waals surface area contributed by atoms with Crippen LogP contribution in [0.2, 0.25) is 0 Å². The number of amides is 1. The number of hydrogen-bond donors (Lipinski definition) is 2. The zero-order valence-corrected chi connectivity index (χ0v) is 12.4. The molecule has 1 heterocycles. The monoisotopic (exact) mass is 266 g/mol. The van der Waals surface area contributed by atoms with Crippen molar-refractivity contribution in [2.45, 2.75) is 58.5 Å². The lowest BCUT2D eigenvalue weighted by Gasteiger charge is -2.31. The average Bonchev–Trinajstić information content (AvgIpc) is 2.77. The Morgan fingerprint density at radius 1 is 1.58 bits per heavy atom. The number of carbonyl (C=O) groups excluding carboxylic acids is 1. The first-order valence-corrected chi connectivity index (χ1v) is 7.01. The molecule has 0 aliphatic rings. The Morgan fingerprint density at radius 3 is 2.79 bits per heavy atom. The van der Waals surface area contributed by atoms with Gasteiger partial charge in [-0.15, -0.1) is 0 Å². The largest absolute Gasteiger partial charge is 0.368 e. The molecule has 2 atom stereocenters. The summed E-state index contributed by atoms with van der Waals surface area (Å²) in [4.78, 5) is 16.0. The van der Waals surface area contributed by atoms with Gasteiger partial charge in [-0.3, -0.25) is 4.79 Å². The van der Waals surface area contributed by atoms with E-state index in [-0.39, 0.29) is 11.9 Å². The normalized spacial score (nSPS) is 16.0. The van der Waals surface area contributed by atoms with E-state index in [1.165, 1.54) is 0 Å². The molecule has 1 rings (SSSR count). The van der Waals surface area contributed by atoms with Crippen LogP contribution in [0.4, 0.5) is 0 Å². The average molecular weight is 266 g/mol. The summed E-state index contributed by atoms with van der Waals surface area (Å²) < 4.78 is 2.14. The highest BCUT2D eigenvalue weighted by molar-refractivity contribution is 5.84. The molecule has 0 bridgehead atoms. The molecule has 1 aromatic heterocycles. The SMILES string of the molecule is CCCc1nccn1C(C)CC(C)(NCC)C(N)=O. The maximum absolute atomic E-state index is 11.7.